The van der Waals surface area contributed by atoms with Crippen LogP contribution < -0.4 is 15.5 Å². The van der Waals surface area contributed by atoms with Gasteiger partial charge in [0, 0.05) is 35.2 Å². The van der Waals surface area contributed by atoms with E-state index in [1.54, 1.807) is 12.1 Å². The summed E-state index contributed by atoms with van der Waals surface area (Å²) in [5, 5.41) is 4.94. The first-order valence-corrected chi connectivity index (χ1v) is 10.8. The number of hydrogen-bond donors (Lipinski definition) is 2. The number of amides is 3. The first kappa shape index (κ1) is 25.4. The molecule has 0 aromatic heterocycles. The van der Waals surface area contributed by atoms with Gasteiger partial charge in [0.05, 0.1) is 7.11 Å². The molecule has 0 spiro atoms. The minimum Gasteiger partial charge on any atom is -0.453 e. The van der Waals surface area contributed by atoms with Crippen molar-refractivity contribution in [3.05, 3.63) is 64.9 Å². The Morgan fingerprint density at radius 1 is 1.21 bits per heavy atom. The van der Waals surface area contributed by atoms with Gasteiger partial charge in [-0.2, -0.15) is 0 Å². The summed E-state index contributed by atoms with van der Waals surface area (Å²) >= 11 is 6.34. The summed E-state index contributed by atoms with van der Waals surface area (Å²) in [7, 11) is 1.11. The lowest BCUT2D eigenvalue weighted by Gasteiger charge is -2.33. The number of hydrogen-bond acceptors (Lipinski definition) is 4. The number of halogens is 4. The van der Waals surface area contributed by atoms with Crippen LogP contribution in [0.1, 0.15) is 30.9 Å². The number of anilines is 1. The van der Waals surface area contributed by atoms with Crippen molar-refractivity contribution in [2.75, 3.05) is 18.6 Å². The van der Waals surface area contributed by atoms with Crippen molar-refractivity contribution in [2.24, 2.45) is 0 Å². The maximum atomic E-state index is 14.1. The Kier molecular flexibility index (Phi) is 8.03. The average molecular weight is 498 g/mol. The Morgan fingerprint density at radius 3 is 2.56 bits per heavy atom. The van der Waals surface area contributed by atoms with Crippen LogP contribution >= 0.6 is 11.6 Å². The molecule has 7 nitrogen and oxygen atoms in total. The van der Waals surface area contributed by atoms with Gasteiger partial charge in [-0.05, 0) is 30.7 Å². The first-order valence-electron chi connectivity index (χ1n) is 10.4. The largest absolute Gasteiger partial charge is 0.453 e. The zero-order chi connectivity index (χ0) is 24.9. The zero-order valence-electron chi connectivity index (χ0n) is 18.2. The number of ether oxygens (including phenoxy) is 1. The highest BCUT2D eigenvalue weighted by Crippen LogP contribution is 2.36. The number of alkyl halides is 2. The van der Waals surface area contributed by atoms with Gasteiger partial charge in [-0.3, -0.25) is 14.5 Å². The molecule has 2 atom stereocenters. The van der Waals surface area contributed by atoms with Gasteiger partial charge in [0.1, 0.15) is 18.4 Å². The Bertz CT molecular complexity index is 1070. The highest BCUT2D eigenvalue weighted by Gasteiger charge is 2.42. The summed E-state index contributed by atoms with van der Waals surface area (Å²) in [6.45, 7) is -0.584. The van der Waals surface area contributed by atoms with Crippen LogP contribution in [0.4, 0.5) is 23.7 Å². The number of rotatable bonds is 7. The molecule has 11 heteroatoms. The molecule has 1 aliphatic carbocycles. The van der Waals surface area contributed by atoms with Gasteiger partial charge in [-0.15, -0.1) is 0 Å². The molecule has 2 aromatic rings. The molecule has 0 heterocycles. The third kappa shape index (κ3) is 6.19. The van der Waals surface area contributed by atoms with E-state index in [1.165, 1.54) is 24.3 Å². The standard InChI is InChI=1S/C23H23ClF3N3O4/c1-34-22(33)28-13-19(31)30(16-6-4-5-14(25)11-16)20(17-7-2-3-8-18(17)24)21(32)29-15-9-10-23(26,27)12-15/h2-8,11,15,20H,9-10,12-13H2,1H3,(H,28,33)(H,29,32)/t15-,20-/m0/s1. The van der Waals surface area contributed by atoms with Crippen molar-refractivity contribution < 1.29 is 32.3 Å². The van der Waals surface area contributed by atoms with Gasteiger partial charge in [-0.25, -0.2) is 18.0 Å². The Labute approximate surface area is 199 Å². The van der Waals surface area contributed by atoms with Crippen LogP contribution in [0.15, 0.2) is 48.5 Å². The number of nitrogens with zero attached hydrogens (tertiary/aromatic N) is 1. The number of benzene rings is 2. The average Bonchev–Trinajstić information content (AvgIpc) is 3.13. The lowest BCUT2D eigenvalue weighted by atomic mass is 10.0. The molecule has 0 aliphatic heterocycles. The molecule has 1 saturated carbocycles. The van der Waals surface area contributed by atoms with E-state index in [1.807, 2.05) is 0 Å². The number of carbonyl (C=O) groups excluding carboxylic acids is 3. The highest BCUT2D eigenvalue weighted by molar-refractivity contribution is 6.31. The number of carbonyl (C=O) groups is 3. The fourth-order valence-electron chi connectivity index (χ4n) is 3.82. The van der Waals surface area contributed by atoms with Crippen molar-refractivity contribution in [2.45, 2.75) is 37.3 Å². The van der Waals surface area contributed by atoms with Crippen LogP contribution in [0.2, 0.25) is 5.02 Å². The molecule has 0 unspecified atom stereocenters. The third-order valence-corrected chi connectivity index (χ3v) is 5.72. The van der Waals surface area contributed by atoms with E-state index >= 15 is 0 Å². The van der Waals surface area contributed by atoms with E-state index in [2.05, 4.69) is 15.4 Å². The molecule has 0 radical (unpaired) electrons. The van der Waals surface area contributed by atoms with E-state index in [4.69, 9.17) is 11.6 Å². The molecule has 2 N–H and O–H groups in total. The van der Waals surface area contributed by atoms with E-state index in [0.717, 1.165) is 24.1 Å². The number of methoxy groups -OCH3 is 1. The Morgan fingerprint density at radius 2 is 1.94 bits per heavy atom. The minimum absolute atomic E-state index is 0.00786. The lowest BCUT2D eigenvalue weighted by Crippen LogP contribution is -2.49. The molecule has 0 bridgehead atoms. The second kappa shape index (κ2) is 10.8. The van der Waals surface area contributed by atoms with Crippen molar-refractivity contribution in [3.63, 3.8) is 0 Å². The normalized spacial score (nSPS) is 17.5. The molecule has 1 fully saturated rings. The van der Waals surface area contributed by atoms with Gasteiger partial charge in [0.25, 0.3) is 0 Å². The van der Waals surface area contributed by atoms with Crippen LogP contribution in [0.5, 0.6) is 0 Å². The summed E-state index contributed by atoms with van der Waals surface area (Å²) in [5.74, 6) is -5.13. The van der Waals surface area contributed by atoms with Gasteiger partial charge < -0.3 is 15.4 Å². The zero-order valence-corrected chi connectivity index (χ0v) is 18.9. The molecule has 1 aliphatic rings. The van der Waals surface area contributed by atoms with Gasteiger partial charge in [0.15, 0.2) is 0 Å². The molecular formula is C23H23ClF3N3O4. The van der Waals surface area contributed by atoms with Crippen LogP contribution in [0, 0.1) is 5.82 Å². The molecule has 3 amide bonds. The van der Waals surface area contributed by atoms with E-state index in [0.29, 0.717) is 0 Å². The minimum atomic E-state index is -2.90. The summed E-state index contributed by atoms with van der Waals surface area (Å²) < 4.78 is 46.0. The van der Waals surface area contributed by atoms with Gasteiger partial charge in [0.2, 0.25) is 17.7 Å². The predicted molar refractivity (Wildman–Crippen MR) is 119 cm³/mol. The number of nitrogens with one attached hydrogen (secondary N) is 2. The Hall–Kier alpha value is -3.27. The van der Waals surface area contributed by atoms with Crippen LogP contribution in [0.3, 0.4) is 0 Å². The van der Waals surface area contributed by atoms with Crippen LogP contribution in [-0.2, 0) is 14.3 Å². The maximum absolute atomic E-state index is 14.1. The van der Waals surface area contributed by atoms with E-state index in [-0.39, 0.29) is 29.1 Å². The van der Waals surface area contributed by atoms with Crippen molar-refractivity contribution in [3.8, 4) is 0 Å². The molecule has 34 heavy (non-hydrogen) atoms. The fourth-order valence-corrected chi connectivity index (χ4v) is 4.05. The second-order valence-corrected chi connectivity index (χ2v) is 8.22. The quantitative estimate of drug-likeness (QED) is 0.600. The summed E-state index contributed by atoms with van der Waals surface area (Å²) in [4.78, 5) is 39.2. The maximum Gasteiger partial charge on any atom is 0.407 e. The smallest absolute Gasteiger partial charge is 0.407 e. The lowest BCUT2D eigenvalue weighted by molar-refractivity contribution is -0.127. The van der Waals surface area contributed by atoms with E-state index < -0.39 is 54.7 Å². The summed E-state index contributed by atoms with van der Waals surface area (Å²) in [6, 6.07) is 8.91. The van der Waals surface area contributed by atoms with E-state index in [9.17, 15) is 27.6 Å². The molecular weight excluding hydrogens is 475 g/mol. The molecule has 2 aromatic carbocycles. The SMILES string of the molecule is COC(=O)NCC(=O)N(c1cccc(F)c1)[C@H](C(=O)N[C@H]1CCC(F)(F)C1)c1ccccc1Cl. The monoisotopic (exact) mass is 497 g/mol. The summed E-state index contributed by atoms with van der Waals surface area (Å²) in [5.41, 5.74) is 0.204. The molecule has 3 rings (SSSR count). The van der Waals surface area contributed by atoms with Crippen molar-refractivity contribution in [1.29, 1.82) is 0 Å². The first-order chi connectivity index (χ1) is 16.1. The predicted octanol–water partition coefficient (Wildman–Crippen LogP) is 4.21. The summed E-state index contributed by atoms with van der Waals surface area (Å²) in [6.07, 6.45) is -1.73. The fraction of sp³-hybridized carbons (Fsp3) is 0.348. The van der Waals surface area contributed by atoms with Gasteiger partial charge in [-0.1, -0.05) is 35.9 Å². The molecule has 0 saturated heterocycles. The topological polar surface area (TPSA) is 87.7 Å². The highest BCUT2D eigenvalue weighted by atomic mass is 35.5. The van der Waals surface area contributed by atoms with Crippen molar-refractivity contribution >= 4 is 35.2 Å². The Balaban J connectivity index is 2.03. The van der Waals surface area contributed by atoms with Gasteiger partial charge >= 0.3 is 6.09 Å². The van der Waals surface area contributed by atoms with Crippen molar-refractivity contribution in [1.82, 2.24) is 10.6 Å². The molecule has 182 valence electrons. The number of alkyl carbamates (subject to hydrolysis) is 1. The van der Waals surface area contributed by atoms with Crippen LogP contribution in [0.25, 0.3) is 0 Å². The second-order valence-electron chi connectivity index (χ2n) is 7.82. The van der Waals surface area contributed by atoms with Crippen LogP contribution in [-0.4, -0.2) is 43.5 Å². The third-order valence-electron chi connectivity index (χ3n) is 5.38.